The zero-order valence-corrected chi connectivity index (χ0v) is 10.6. The molecule has 0 spiro atoms. The Morgan fingerprint density at radius 2 is 2.41 bits per heavy atom. The summed E-state index contributed by atoms with van der Waals surface area (Å²) in [6.07, 6.45) is 0. The van der Waals surface area contributed by atoms with E-state index in [1.165, 1.54) is 6.07 Å². The highest BCUT2D eigenvalue weighted by atomic mass is 79.9. The van der Waals surface area contributed by atoms with E-state index in [1.54, 1.807) is 12.1 Å². The Labute approximate surface area is 107 Å². The summed E-state index contributed by atoms with van der Waals surface area (Å²) in [6.45, 7) is 1.59. The quantitative estimate of drug-likeness (QED) is 0.871. The van der Waals surface area contributed by atoms with Crippen LogP contribution in [0.1, 0.15) is 0 Å². The molecule has 1 heterocycles. The molecule has 1 amide bonds. The van der Waals surface area contributed by atoms with Gasteiger partial charge in [-0.15, -0.1) is 0 Å². The normalized spacial score (nSPS) is 20.0. The van der Waals surface area contributed by atoms with Crippen molar-refractivity contribution in [1.82, 2.24) is 5.32 Å². The summed E-state index contributed by atoms with van der Waals surface area (Å²) in [4.78, 5) is 11.8. The van der Waals surface area contributed by atoms with Crippen LogP contribution in [0.15, 0.2) is 22.7 Å². The second-order valence-electron chi connectivity index (χ2n) is 3.70. The molecule has 17 heavy (non-hydrogen) atoms. The average Bonchev–Trinajstić information content (AvgIpc) is 2.35. The minimum Gasteiger partial charge on any atom is -0.378 e. The maximum absolute atomic E-state index is 13.2. The first kappa shape index (κ1) is 12.5. The fourth-order valence-electron chi connectivity index (χ4n) is 1.54. The smallest absolute Gasteiger partial charge is 0.243 e. The lowest BCUT2D eigenvalue weighted by Gasteiger charge is -2.22. The predicted molar refractivity (Wildman–Crippen MR) is 65.3 cm³/mol. The van der Waals surface area contributed by atoms with Crippen molar-refractivity contribution in [2.24, 2.45) is 0 Å². The number of ether oxygens (including phenoxy) is 1. The van der Waals surface area contributed by atoms with Crippen LogP contribution in [-0.4, -0.2) is 31.7 Å². The van der Waals surface area contributed by atoms with E-state index in [1.807, 2.05) is 0 Å². The monoisotopic (exact) mass is 302 g/mol. The number of amides is 1. The van der Waals surface area contributed by atoms with Crippen molar-refractivity contribution in [3.63, 3.8) is 0 Å². The van der Waals surface area contributed by atoms with Crippen LogP contribution in [0.25, 0.3) is 0 Å². The number of hydrogen-bond donors (Lipinski definition) is 2. The molecule has 4 nitrogen and oxygen atoms in total. The van der Waals surface area contributed by atoms with Gasteiger partial charge >= 0.3 is 0 Å². The van der Waals surface area contributed by atoms with Crippen LogP contribution in [0.5, 0.6) is 0 Å². The van der Waals surface area contributed by atoms with Gasteiger partial charge in [0.1, 0.15) is 11.9 Å². The first-order valence-electron chi connectivity index (χ1n) is 5.24. The molecular weight excluding hydrogens is 291 g/mol. The SMILES string of the molecule is O=C(Nc1ccc(Br)c(F)c1)C1COCCN1. The Kier molecular flexibility index (Phi) is 4.09. The summed E-state index contributed by atoms with van der Waals surface area (Å²) in [5.41, 5.74) is 0.433. The molecule has 0 saturated carbocycles. The summed E-state index contributed by atoms with van der Waals surface area (Å²) < 4.78 is 18.8. The lowest BCUT2D eigenvalue weighted by Crippen LogP contribution is -2.48. The zero-order chi connectivity index (χ0) is 12.3. The summed E-state index contributed by atoms with van der Waals surface area (Å²) >= 11 is 3.05. The minimum absolute atomic E-state index is 0.216. The van der Waals surface area contributed by atoms with Gasteiger partial charge in [-0.1, -0.05) is 0 Å². The van der Waals surface area contributed by atoms with E-state index < -0.39 is 5.82 Å². The fraction of sp³-hybridized carbons (Fsp3) is 0.364. The molecule has 0 aliphatic carbocycles. The molecule has 92 valence electrons. The van der Waals surface area contributed by atoms with E-state index in [0.29, 0.717) is 29.9 Å². The second kappa shape index (κ2) is 5.57. The van der Waals surface area contributed by atoms with Crippen LogP contribution < -0.4 is 10.6 Å². The predicted octanol–water partition coefficient (Wildman–Crippen LogP) is 1.52. The first-order chi connectivity index (χ1) is 8.16. The van der Waals surface area contributed by atoms with Crippen LogP contribution in [0, 0.1) is 5.82 Å². The molecular formula is C11H12BrFN2O2. The van der Waals surface area contributed by atoms with E-state index in [0.717, 1.165) is 0 Å². The van der Waals surface area contributed by atoms with Gasteiger partial charge in [0.2, 0.25) is 5.91 Å². The molecule has 2 rings (SSSR count). The number of carbonyl (C=O) groups excluding carboxylic acids is 1. The van der Waals surface area contributed by atoms with Crippen molar-refractivity contribution in [2.75, 3.05) is 25.1 Å². The average molecular weight is 303 g/mol. The first-order valence-corrected chi connectivity index (χ1v) is 6.03. The highest BCUT2D eigenvalue weighted by molar-refractivity contribution is 9.10. The molecule has 0 radical (unpaired) electrons. The molecule has 2 N–H and O–H groups in total. The summed E-state index contributed by atoms with van der Waals surface area (Å²) in [5.74, 6) is -0.623. The van der Waals surface area contributed by atoms with Gasteiger partial charge in [0, 0.05) is 12.2 Å². The highest BCUT2D eigenvalue weighted by Gasteiger charge is 2.21. The number of nitrogens with one attached hydrogen (secondary N) is 2. The number of hydrogen-bond acceptors (Lipinski definition) is 3. The zero-order valence-electron chi connectivity index (χ0n) is 9.00. The standard InChI is InChI=1S/C11H12BrFN2O2/c12-8-2-1-7(5-9(8)13)15-11(16)10-6-17-4-3-14-10/h1-2,5,10,14H,3-4,6H2,(H,15,16). The third kappa shape index (κ3) is 3.24. The number of halogens is 2. The Hall–Kier alpha value is -0.980. The molecule has 1 saturated heterocycles. The van der Waals surface area contributed by atoms with Crippen LogP contribution in [-0.2, 0) is 9.53 Å². The lowest BCUT2D eigenvalue weighted by molar-refractivity contribution is -0.120. The largest absolute Gasteiger partial charge is 0.378 e. The molecule has 1 aliphatic heterocycles. The number of carbonyl (C=O) groups is 1. The van der Waals surface area contributed by atoms with Gasteiger partial charge in [0.25, 0.3) is 0 Å². The van der Waals surface area contributed by atoms with E-state index in [-0.39, 0.29) is 11.9 Å². The number of benzene rings is 1. The summed E-state index contributed by atoms with van der Waals surface area (Å²) in [6, 6.07) is 4.08. The number of morpholine rings is 1. The molecule has 1 aromatic carbocycles. The van der Waals surface area contributed by atoms with Crippen molar-refractivity contribution in [2.45, 2.75) is 6.04 Å². The minimum atomic E-state index is -0.407. The van der Waals surface area contributed by atoms with Crippen molar-refractivity contribution in [3.8, 4) is 0 Å². The summed E-state index contributed by atoms with van der Waals surface area (Å²) in [5, 5.41) is 5.66. The topological polar surface area (TPSA) is 50.4 Å². The second-order valence-corrected chi connectivity index (χ2v) is 4.55. The molecule has 1 fully saturated rings. The van der Waals surface area contributed by atoms with Crippen molar-refractivity contribution >= 4 is 27.5 Å². The third-order valence-electron chi connectivity index (χ3n) is 2.43. The van der Waals surface area contributed by atoms with Gasteiger partial charge in [0.15, 0.2) is 0 Å². The Morgan fingerprint density at radius 1 is 1.59 bits per heavy atom. The maximum atomic E-state index is 13.2. The van der Waals surface area contributed by atoms with Gasteiger partial charge < -0.3 is 15.4 Å². The maximum Gasteiger partial charge on any atom is 0.243 e. The van der Waals surface area contributed by atoms with Crippen molar-refractivity contribution < 1.29 is 13.9 Å². The third-order valence-corrected chi connectivity index (χ3v) is 3.07. The van der Waals surface area contributed by atoms with Crippen molar-refractivity contribution in [1.29, 1.82) is 0 Å². The fourth-order valence-corrected chi connectivity index (χ4v) is 1.78. The summed E-state index contributed by atoms with van der Waals surface area (Å²) in [7, 11) is 0. The Morgan fingerprint density at radius 3 is 3.06 bits per heavy atom. The van der Waals surface area contributed by atoms with E-state index in [2.05, 4.69) is 26.6 Å². The Balaban J connectivity index is 1.99. The van der Waals surface area contributed by atoms with E-state index in [9.17, 15) is 9.18 Å². The molecule has 1 atom stereocenters. The number of rotatable bonds is 2. The van der Waals surface area contributed by atoms with E-state index in [4.69, 9.17) is 4.74 Å². The highest BCUT2D eigenvalue weighted by Crippen LogP contribution is 2.19. The number of anilines is 1. The van der Waals surface area contributed by atoms with Gasteiger partial charge in [-0.3, -0.25) is 4.79 Å². The molecule has 0 aromatic heterocycles. The van der Waals surface area contributed by atoms with E-state index >= 15 is 0 Å². The molecule has 1 aliphatic rings. The molecule has 1 aromatic rings. The van der Waals surface area contributed by atoms with Gasteiger partial charge in [-0.25, -0.2) is 4.39 Å². The van der Waals surface area contributed by atoms with Crippen LogP contribution >= 0.6 is 15.9 Å². The molecule has 0 bridgehead atoms. The van der Waals surface area contributed by atoms with Crippen LogP contribution in [0.4, 0.5) is 10.1 Å². The van der Waals surface area contributed by atoms with Gasteiger partial charge in [-0.05, 0) is 34.1 Å². The molecule has 6 heteroatoms. The lowest BCUT2D eigenvalue weighted by atomic mass is 10.2. The van der Waals surface area contributed by atoms with Crippen molar-refractivity contribution in [3.05, 3.63) is 28.5 Å². The van der Waals surface area contributed by atoms with Crippen LogP contribution in [0.2, 0.25) is 0 Å². The molecule has 1 unspecified atom stereocenters. The van der Waals surface area contributed by atoms with Gasteiger partial charge in [-0.2, -0.15) is 0 Å². The Bertz CT molecular complexity index is 422. The van der Waals surface area contributed by atoms with Crippen LogP contribution in [0.3, 0.4) is 0 Å². The van der Waals surface area contributed by atoms with Gasteiger partial charge in [0.05, 0.1) is 17.7 Å².